The number of aromatic nitrogens is 1. The molecule has 0 aromatic carbocycles. The molecular formula is C10H16N2OS. The van der Waals surface area contributed by atoms with Gasteiger partial charge in [0.25, 0.3) is 0 Å². The van der Waals surface area contributed by atoms with Crippen molar-refractivity contribution in [3.63, 3.8) is 0 Å². The van der Waals surface area contributed by atoms with Gasteiger partial charge in [0.05, 0.1) is 11.6 Å². The van der Waals surface area contributed by atoms with Gasteiger partial charge in [0, 0.05) is 30.1 Å². The van der Waals surface area contributed by atoms with Gasteiger partial charge in [-0.1, -0.05) is 0 Å². The molecule has 0 amide bonds. The Morgan fingerprint density at radius 2 is 2.71 bits per heavy atom. The number of nitrogens with zero attached hydrogens (tertiary/aromatic N) is 1. The molecular weight excluding hydrogens is 196 g/mol. The zero-order chi connectivity index (χ0) is 9.80. The van der Waals surface area contributed by atoms with Gasteiger partial charge in [-0.25, -0.2) is 0 Å². The molecule has 2 heterocycles. The Morgan fingerprint density at radius 1 is 1.79 bits per heavy atom. The largest absolute Gasteiger partial charge is 0.377 e. The van der Waals surface area contributed by atoms with E-state index >= 15 is 0 Å². The number of hydrogen-bond donors (Lipinski definition) is 1. The summed E-state index contributed by atoms with van der Waals surface area (Å²) < 4.78 is 5.68. The summed E-state index contributed by atoms with van der Waals surface area (Å²) in [6.45, 7) is 0.922. The average Bonchev–Trinajstić information content (AvgIpc) is 2.86. The van der Waals surface area contributed by atoms with Crippen LogP contribution in [0, 0.1) is 0 Å². The van der Waals surface area contributed by atoms with Crippen LogP contribution in [0.3, 0.4) is 0 Å². The van der Waals surface area contributed by atoms with Gasteiger partial charge in [-0.15, -0.1) is 11.3 Å². The Bertz CT molecular complexity index is 257. The van der Waals surface area contributed by atoms with E-state index in [1.807, 2.05) is 18.8 Å². The number of rotatable bonds is 4. The minimum absolute atomic E-state index is 0.391. The summed E-state index contributed by atoms with van der Waals surface area (Å²) >= 11 is 1.72. The lowest BCUT2D eigenvalue weighted by molar-refractivity contribution is 0.0810. The Morgan fingerprint density at radius 3 is 3.29 bits per heavy atom. The predicted molar refractivity (Wildman–Crippen MR) is 57.6 cm³/mol. The van der Waals surface area contributed by atoms with Crippen molar-refractivity contribution < 1.29 is 4.74 Å². The van der Waals surface area contributed by atoms with E-state index in [2.05, 4.69) is 10.3 Å². The van der Waals surface area contributed by atoms with Gasteiger partial charge in [0.15, 0.2) is 0 Å². The van der Waals surface area contributed by atoms with Crippen LogP contribution in [0.15, 0.2) is 11.7 Å². The second-order valence-electron chi connectivity index (χ2n) is 3.62. The second kappa shape index (κ2) is 4.87. The molecule has 4 heteroatoms. The van der Waals surface area contributed by atoms with E-state index in [9.17, 15) is 0 Å². The summed E-state index contributed by atoms with van der Waals surface area (Å²) in [4.78, 5) is 5.42. The highest BCUT2D eigenvalue weighted by Gasteiger charge is 2.24. The van der Waals surface area contributed by atoms with Crippen molar-refractivity contribution in [2.24, 2.45) is 0 Å². The summed E-state index contributed by atoms with van der Waals surface area (Å²) in [5.41, 5.74) is 1.89. The number of likely N-dealkylation sites (N-methyl/N-ethyl adjacent to an activating group) is 1. The number of nitrogens with one attached hydrogen (secondary N) is 1. The zero-order valence-corrected chi connectivity index (χ0v) is 9.22. The van der Waals surface area contributed by atoms with Crippen molar-refractivity contribution in [2.75, 3.05) is 13.7 Å². The lowest BCUT2D eigenvalue weighted by Gasteiger charge is -2.21. The zero-order valence-electron chi connectivity index (χ0n) is 8.40. The minimum atomic E-state index is 0.391. The van der Waals surface area contributed by atoms with Crippen LogP contribution in [0.1, 0.15) is 17.7 Å². The standard InChI is InChI=1S/C10H16N2OS/c1-11-9(10-3-2-4-13-10)5-8-6-12-7-14-8/h6-7,9-11H,2-5H2,1H3. The molecule has 1 aliphatic heterocycles. The maximum Gasteiger partial charge on any atom is 0.0794 e. The average molecular weight is 212 g/mol. The van der Waals surface area contributed by atoms with E-state index in [-0.39, 0.29) is 0 Å². The molecule has 14 heavy (non-hydrogen) atoms. The fourth-order valence-corrected chi connectivity index (χ4v) is 2.55. The van der Waals surface area contributed by atoms with E-state index in [0.717, 1.165) is 13.0 Å². The maximum atomic E-state index is 5.68. The first-order chi connectivity index (χ1) is 6.90. The Hall–Kier alpha value is -0.450. The van der Waals surface area contributed by atoms with Gasteiger partial charge in [0.1, 0.15) is 0 Å². The molecule has 0 bridgehead atoms. The van der Waals surface area contributed by atoms with E-state index in [4.69, 9.17) is 4.74 Å². The molecule has 2 unspecified atom stereocenters. The molecule has 2 atom stereocenters. The number of hydrogen-bond acceptors (Lipinski definition) is 4. The van der Waals surface area contributed by atoms with E-state index in [1.54, 1.807) is 11.3 Å². The van der Waals surface area contributed by atoms with Crippen LogP contribution in [-0.2, 0) is 11.2 Å². The normalized spacial score (nSPS) is 23.9. The molecule has 0 radical (unpaired) electrons. The molecule has 1 fully saturated rings. The molecule has 1 N–H and O–H groups in total. The van der Waals surface area contributed by atoms with Gasteiger partial charge in [-0.2, -0.15) is 0 Å². The third kappa shape index (κ3) is 2.32. The van der Waals surface area contributed by atoms with Crippen molar-refractivity contribution in [1.29, 1.82) is 0 Å². The summed E-state index contributed by atoms with van der Waals surface area (Å²) in [5.74, 6) is 0. The third-order valence-corrected chi connectivity index (χ3v) is 3.49. The molecule has 0 saturated carbocycles. The molecule has 0 spiro atoms. The van der Waals surface area contributed by atoms with Crippen LogP contribution >= 0.6 is 11.3 Å². The summed E-state index contributed by atoms with van der Waals surface area (Å²) in [6.07, 6.45) is 5.76. The summed E-state index contributed by atoms with van der Waals surface area (Å²) in [5, 5.41) is 3.34. The third-order valence-electron chi connectivity index (χ3n) is 2.69. The molecule has 0 aliphatic carbocycles. The quantitative estimate of drug-likeness (QED) is 0.820. The fourth-order valence-electron chi connectivity index (χ4n) is 1.90. The molecule has 3 nitrogen and oxygen atoms in total. The molecule has 1 saturated heterocycles. The van der Waals surface area contributed by atoms with Crippen molar-refractivity contribution in [1.82, 2.24) is 10.3 Å². The highest BCUT2D eigenvalue weighted by molar-refractivity contribution is 7.09. The Kier molecular flexibility index (Phi) is 3.50. The van der Waals surface area contributed by atoms with Crippen molar-refractivity contribution >= 4 is 11.3 Å². The smallest absolute Gasteiger partial charge is 0.0794 e. The lowest BCUT2D eigenvalue weighted by Crippen LogP contribution is -2.38. The van der Waals surface area contributed by atoms with Crippen LogP contribution in [0.25, 0.3) is 0 Å². The highest BCUT2D eigenvalue weighted by atomic mass is 32.1. The van der Waals surface area contributed by atoms with Crippen LogP contribution in [-0.4, -0.2) is 30.8 Å². The molecule has 1 aromatic rings. The maximum absolute atomic E-state index is 5.68. The lowest BCUT2D eigenvalue weighted by atomic mass is 10.0. The van der Waals surface area contributed by atoms with Crippen molar-refractivity contribution in [2.45, 2.75) is 31.4 Å². The predicted octanol–water partition coefficient (Wildman–Crippen LogP) is 1.45. The van der Waals surface area contributed by atoms with Gasteiger partial charge >= 0.3 is 0 Å². The Balaban J connectivity index is 1.92. The number of thiazole rings is 1. The highest BCUT2D eigenvalue weighted by Crippen LogP contribution is 2.19. The fraction of sp³-hybridized carbons (Fsp3) is 0.700. The van der Waals surface area contributed by atoms with Crippen LogP contribution in [0.4, 0.5) is 0 Å². The SMILES string of the molecule is CNC(Cc1cncs1)C1CCCO1. The molecule has 1 aromatic heterocycles. The number of ether oxygens (including phenoxy) is 1. The monoisotopic (exact) mass is 212 g/mol. The van der Waals surface area contributed by atoms with Gasteiger partial charge in [-0.3, -0.25) is 4.98 Å². The molecule has 1 aliphatic rings. The van der Waals surface area contributed by atoms with Crippen LogP contribution < -0.4 is 5.32 Å². The topological polar surface area (TPSA) is 34.2 Å². The second-order valence-corrected chi connectivity index (χ2v) is 4.59. The summed E-state index contributed by atoms with van der Waals surface area (Å²) in [6, 6.07) is 0.443. The first kappa shape index (κ1) is 10.1. The van der Waals surface area contributed by atoms with E-state index in [1.165, 1.54) is 17.7 Å². The van der Waals surface area contributed by atoms with Gasteiger partial charge in [0.2, 0.25) is 0 Å². The first-order valence-corrected chi connectivity index (χ1v) is 5.94. The molecule has 2 rings (SSSR count). The van der Waals surface area contributed by atoms with E-state index < -0.39 is 0 Å². The van der Waals surface area contributed by atoms with Crippen LogP contribution in [0.2, 0.25) is 0 Å². The first-order valence-electron chi connectivity index (χ1n) is 5.06. The van der Waals surface area contributed by atoms with E-state index in [0.29, 0.717) is 12.1 Å². The Labute approximate surface area is 88.5 Å². The van der Waals surface area contributed by atoms with Gasteiger partial charge < -0.3 is 10.1 Å². The minimum Gasteiger partial charge on any atom is -0.377 e. The summed E-state index contributed by atoms with van der Waals surface area (Å²) in [7, 11) is 2.01. The van der Waals surface area contributed by atoms with Crippen molar-refractivity contribution in [3.05, 3.63) is 16.6 Å². The van der Waals surface area contributed by atoms with Gasteiger partial charge in [-0.05, 0) is 19.9 Å². The van der Waals surface area contributed by atoms with Crippen molar-refractivity contribution in [3.8, 4) is 0 Å². The van der Waals surface area contributed by atoms with Crippen LogP contribution in [0.5, 0.6) is 0 Å². The molecule has 78 valence electrons.